The van der Waals surface area contributed by atoms with E-state index in [2.05, 4.69) is 18.5 Å². The maximum Gasteiger partial charge on any atom is 0.407 e. The van der Waals surface area contributed by atoms with Crippen molar-refractivity contribution in [1.29, 1.82) is 0 Å². The Morgan fingerprint density at radius 1 is 1.14 bits per heavy atom. The third-order valence-electron chi connectivity index (χ3n) is 8.40. The highest BCUT2D eigenvalue weighted by Crippen LogP contribution is 2.40. The second-order valence-corrected chi connectivity index (χ2v) is 13.9. The Labute approximate surface area is 285 Å². The third kappa shape index (κ3) is 11.0. The molecule has 2 aromatic carbocycles. The zero-order chi connectivity index (χ0) is 36.4. The molecule has 1 aliphatic carbocycles. The molecule has 0 saturated heterocycles. The van der Waals surface area contributed by atoms with Crippen molar-refractivity contribution in [3.05, 3.63) is 90.5 Å². The molecule has 15 heteroatoms. The Hall–Kier alpha value is -3.92. The predicted molar refractivity (Wildman–Crippen MR) is 178 cm³/mol. The van der Waals surface area contributed by atoms with Crippen LogP contribution in [-0.2, 0) is 32.4 Å². The van der Waals surface area contributed by atoms with Gasteiger partial charge in [-0.2, -0.15) is 17.5 Å². The van der Waals surface area contributed by atoms with E-state index in [0.717, 1.165) is 17.5 Å². The summed E-state index contributed by atoms with van der Waals surface area (Å²) in [5.41, 5.74) is 2.13. The summed E-state index contributed by atoms with van der Waals surface area (Å²) >= 11 is 0. The fraction of sp³-hybridized carbons (Fsp3) is 0.471. The molecule has 0 unspecified atom stereocenters. The van der Waals surface area contributed by atoms with Gasteiger partial charge in [0.05, 0.1) is 56.7 Å². The van der Waals surface area contributed by atoms with Gasteiger partial charge in [-0.05, 0) is 48.1 Å². The van der Waals surface area contributed by atoms with E-state index in [4.69, 9.17) is 9.47 Å². The van der Waals surface area contributed by atoms with E-state index >= 15 is 0 Å². The second-order valence-electron chi connectivity index (χ2n) is 11.8. The van der Waals surface area contributed by atoms with Crippen molar-refractivity contribution in [1.82, 2.24) is 14.5 Å². The highest BCUT2D eigenvalue weighted by molar-refractivity contribution is 7.89. The molecule has 0 fully saturated rings. The fourth-order valence-corrected chi connectivity index (χ4v) is 7.17. The van der Waals surface area contributed by atoms with Crippen LogP contribution in [-0.4, -0.2) is 103 Å². The van der Waals surface area contributed by atoms with E-state index < -0.39 is 77.3 Å². The van der Waals surface area contributed by atoms with E-state index in [1.165, 1.54) is 19.3 Å². The summed E-state index contributed by atoms with van der Waals surface area (Å²) < 4.78 is 76.4. The highest BCUT2D eigenvalue weighted by Gasteiger charge is 2.42. The third-order valence-corrected chi connectivity index (χ3v) is 10.2. The lowest BCUT2D eigenvalue weighted by Gasteiger charge is -2.36. The number of halogens is 3. The maximum absolute atomic E-state index is 13.8. The van der Waals surface area contributed by atoms with E-state index in [0.29, 0.717) is 27.6 Å². The molecule has 1 aliphatic rings. The standard InChI is InChI=1S/C34H44F3N3O8S/c1-5-7-13-28(39(3)49(45,46)18-16-34(35,36)37)32(42)38-27(19-23-11-9-8-10-12-23)29(41)22-40(33(43)44)31-26-21-25(47-4)15-14-24(26)20-30(31)48-17-6-2/h5-6,8-12,14-15,21,27-31,41H,1-2,7,13,16-20,22H2,3-4H3,(H,38,42)(H,43,44)/t27-,28-,29+,30+,31+/m0/s1. The summed E-state index contributed by atoms with van der Waals surface area (Å²) in [5.74, 6) is -1.63. The molecule has 0 aliphatic heterocycles. The number of carboxylic acid groups (broad SMARTS) is 1. The zero-order valence-corrected chi connectivity index (χ0v) is 28.3. The van der Waals surface area contributed by atoms with E-state index in [1.54, 1.807) is 42.5 Å². The summed E-state index contributed by atoms with van der Waals surface area (Å²) in [6, 6.07) is 10.5. The van der Waals surface area contributed by atoms with Crippen molar-refractivity contribution >= 4 is 22.0 Å². The van der Waals surface area contributed by atoms with Gasteiger partial charge >= 0.3 is 12.3 Å². The van der Waals surface area contributed by atoms with Crippen LogP contribution in [0.3, 0.4) is 0 Å². The normalized spacial score (nSPS) is 17.9. The molecule has 0 heterocycles. The number of likely N-dealkylation sites (N-methyl/N-ethyl adjacent to an activating group) is 1. The first-order valence-corrected chi connectivity index (χ1v) is 17.3. The number of hydrogen-bond donors (Lipinski definition) is 3. The van der Waals surface area contributed by atoms with Gasteiger partial charge < -0.3 is 25.0 Å². The lowest BCUT2D eigenvalue weighted by molar-refractivity contribution is -0.130. The van der Waals surface area contributed by atoms with Crippen molar-refractivity contribution < 1.29 is 50.9 Å². The first-order valence-electron chi connectivity index (χ1n) is 15.7. The average Bonchev–Trinajstić information content (AvgIpc) is 3.41. The predicted octanol–water partition coefficient (Wildman–Crippen LogP) is 4.48. The van der Waals surface area contributed by atoms with Gasteiger partial charge in [-0.25, -0.2) is 13.2 Å². The quantitative estimate of drug-likeness (QED) is 0.181. The zero-order valence-electron chi connectivity index (χ0n) is 27.5. The van der Waals surface area contributed by atoms with Gasteiger partial charge in [-0.3, -0.25) is 9.69 Å². The molecule has 0 saturated carbocycles. The molecule has 0 aromatic heterocycles. The Morgan fingerprint density at radius 3 is 2.43 bits per heavy atom. The minimum absolute atomic E-state index is 0.0192. The fourth-order valence-electron chi connectivity index (χ4n) is 5.81. The van der Waals surface area contributed by atoms with E-state index in [1.807, 2.05) is 6.07 Å². The highest BCUT2D eigenvalue weighted by atomic mass is 32.2. The van der Waals surface area contributed by atoms with Crippen molar-refractivity contribution in [3.8, 4) is 5.75 Å². The smallest absolute Gasteiger partial charge is 0.407 e. The van der Waals surface area contributed by atoms with Gasteiger partial charge in [0.25, 0.3) is 0 Å². The Bertz CT molecular complexity index is 1540. The number of sulfonamides is 1. The second kappa shape index (κ2) is 17.7. The van der Waals surface area contributed by atoms with Crippen molar-refractivity contribution in [3.63, 3.8) is 0 Å². The molecular weight excluding hydrogens is 667 g/mol. The number of methoxy groups -OCH3 is 1. The maximum atomic E-state index is 13.8. The summed E-state index contributed by atoms with van der Waals surface area (Å²) in [4.78, 5) is 27.6. The molecular formula is C34H44F3N3O8S. The molecule has 0 bridgehead atoms. The largest absolute Gasteiger partial charge is 0.497 e. The first kappa shape index (κ1) is 39.5. The van der Waals surface area contributed by atoms with Crippen LogP contribution in [0, 0.1) is 0 Å². The summed E-state index contributed by atoms with van der Waals surface area (Å²) in [6.07, 6.45) is -6.41. The Balaban J connectivity index is 1.96. The van der Waals surface area contributed by atoms with Crippen LogP contribution in [0.2, 0.25) is 0 Å². The van der Waals surface area contributed by atoms with Gasteiger partial charge in [0.1, 0.15) is 11.8 Å². The number of nitrogens with one attached hydrogen (secondary N) is 1. The van der Waals surface area contributed by atoms with Crippen LogP contribution in [0.1, 0.15) is 42.0 Å². The minimum atomic E-state index is -4.73. The van der Waals surface area contributed by atoms with Crippen LogP contribution < -0.4 is 10.1 Å². The number of ether oxygens (including phenoxy) is 2. The van der Waals surface area contributed by atoms with Crippen molar-refractivity contribution in [2.45, 2.75) is 68.6 Å². The number of rotatable bonds is 19. The Kier molecular flexibility index (Phi) is 14.2. The summed E-state index contributed by atoms with van der Waals surface area (Å²) in [7, 11) is -2.02. The van der Waals surface area contributed by atoms with Gasteiger partial charge in [0.2, 0.25) is 15.9 Å². The molecule has 0 spiro atoms. The van der Waals surface area contributed by atoms with Crippen LogP contribution >= 0.6 is 0 Å². The summed E-state index contributed by atoms with van der Waals surface area (Å²) in [5, 5.41) is 24.8. The number of fused-ring (bicyclic) bond motifs is 1. The van der Waals surface area contributed by atoms with Gasteiger partial charge in [0, 0.05) is 13.5 Å². The molecule has 2 amide bonds. The monoisotopic (exact) mass is 711 g/mol. The van der Waals surface area contributed by atoms with E-state index in [-0.39, 0.29) is 25.9 Å². The number of aliphatic hydroxyl groups excluding tert-OH is 1. The number of alkyl halides is 3. The number of hydrogen-bond acceptors (Lipinski definition) is 7. The van der Waals surface area contributed by atoms with Gasteiger partial charge in [-0.15, -0.1) is 13.2 Å². The first-order chi connectivity index (χ1) is 23.1. The number of benzene rings is 2. The van der Waals surface area contributed by atoms with Gasteiger partial charge in [0.15, 0.2) is 0 Å². The number of carbonyl (C=O) groups is 2. The van der Waals surface area contributed by atoms with Gasteiger partial charge in [-0.1, -0.05) is 48.6 Å². The molecule has 270 valence electrons. The topological polar surface area (TPSA) is 146 Å². The van der Waals surface area contributed by atoms with Crippen LogP contribution in [0.4, 0.5) is 18.0 Å². The molecule has 3 rings (SSSR count). The Morgan fingerprint density at radius 2 is 1.84 bits per heavy atom. The minimum Gasteiger partial charge on any atom is -0.497 e. The molecule has 0 radical (unpaired) electrons. The number of carbonyl (C=O) groups excluding carboxylic acids is 1. The lowest BCUT2D eigenvalue weighted by atomic mass is 9.98. The SMILES string of the molecule is C=CCC[C@@H](C(=O)N[C@@H](Cc1ccccc1)[C@H](O)CN(C(=O)O)[C@@H]1c2cc(OC)ccc2C[C@H]1OCC=C)N(C)S(=O)(=O)CCC(F)(F)F. The number of aliphatic hydroxyl groups is 1. The van der Waals surface area contributed by atoms with E-state index in [9.17, 15) is 41.4 Å². The summed E-state index contributed by atoms with van der Waals surface area (Å²) in [6.45, 7) is 6.92. The van der Waals surface area contributed by atoms with Crippen LogP contribution in [0.5, 0.6) is 5.75 Å². The number of allylic oxidation sites excluding steroid dienone is 1. The van der Waals surface area contributed by atoms with Crippen LogP contribution in [0.25, 0.3) is 0 Å². The molecule has 5 atom stereocenters. The van der Waals surface area contributed by atoms with Crippen molar-refractivity contribution in [2.24, 2.45) is 0 Å². The van der Waals surface area contributed by atoms with Crippen molar-refractivity contribution in [2.75, 3.05) is 33.1 Å². The average molecular weight is 712 g/mol. The number of amides is 2. The lowest BCUT2D eigenvalue weighted by Crippen LogP contribution is -2.56. The number of nitrogens with zero attached hydrogens (tertiary/aromatic N) is 2. The van der Waals surface area contributed by atoms with Crippen LogP contribution in [0.15, 0.2) is 73.8 Å². The molecule has 11 nitrogen and oxygen atoms in total. The molecule has 2 aromatic rings. The molecule has 49 heavy (non-hydrogen) atoms. The molecule has 3 N–H and O–H groups in total.